The molecule has 1 aromatic rings. The van der Waals surface area contributed by atoms with Crippen LogP contribution in [0.1, 0.15) is 36.2 Å². The van der Waals surface area contributed by atoms with E-state index in [9.17, 15) is 9.18 Å². The summed E-state index contributed by atoms with van der Waals surface area (Å²) in [5, 5.41) is 11.3. The third kappa shape index (κ3) is 5.94. The number of ether oxygens (including phenoxy) is 1. The maximum absolute atomic E-state index is 13.7. The van der Waals surface area contributed by atoms with Gasteiger partial charge in [0.05, 0.1) is 18.3 Å². The average molecular weight is 293 g/mol. The van der Waals surface area contributed by atoms with Gasteiger partial charge in [-0.2, -0.15) is 0 Å². The highest BCUT2D eigenvalue weighted by molar-refractivity contribution is 5.94. The molecule has 21 heavy (non-hydrogen) atoms. The van der Waals surface area contributed by atoms with E-state index >= 15 is 0 Å². The highest BCUT2D eigenvalue weighted by Crippen LogP contribution is 2.10. The molecule has 1 rings (SSSR count). The predicted octanol–water partition coefficient (Wildman–Crippen LogP) is 1.71. The van der Waals surface area contributed by atoms with Crippen molar-refractivity contribution in [3.05, 3.63) is 35.1 Å². The molecule has 1 atom stereocenters. The summed E-state index contributed by atoms with van der Waals surface area (Å²) in [6.07, 6.45) is 0.208. The number of nitrogens with one attached hydrogen (secondary N) is 1. The van der Waals surface area contributed by atoms with E-state index in [0.29, 0.717) is 25.1 Å². The van der Waals surface area contributed by atoms with Crippen LogP contribution in [0.4, 0.5) is 4.39 Å². The van der Waals surface area contributed by atoms with Gasteiger partial charge in [-0.25, -0.2) is 4.39 Å². The normalized spacial score (nSPS) is 11.4. The maximum Gasteiger partial charge on any atom is 0.254 e. The maximum atomic E-state index is 13.7. The molecule has 4 nitrogen and oxygen atoms in total. The van der Waals surface area contributed by atoms with Crippen LogP contribution in [-0.4, -0.2) is 36.9 Å². The first-order valence-electron chi connectivity index (χ1n) is 6.87. The SMILES string of the molecule is CCOC(C)CNC(=O)c1cc(C#CCCO)ccc1F. The minimum atomic E-state index is -0.593. The monoisotopic (exact) mass is 293 g/mol. The van der Waals surface area contributed by atoms with Gasteiger partial charge in [0.1, 0.15) is 5.82 Å². The van der Waals surface area contributed by atoms with Crippen molar-refractivity contribution in [2.24, 2.45) is 0 Å². The van der Waals surface area contributed by atoms with E-state index in [1.54, 1.807) is 0 Å². The third-order valence-electron chi connectivity index (χ3n) is 2.68. The lowest BCUT2D eigenvalue weighted by molar-refractivity contribution is 0.0693. The van der Waals surface area contributed by atoms with Crippen molar-refractivity contribution in [3.8, 4) is 11.8 Å². The summed E-state index contributed by atoms with van der Waals surface area (Å²) in [6.45, 7) is 4.54. The average Bonchev–Trinajstić information content (AvgIpc) is 2.47. The molecule has 0 aliphatic rings. The van der Waals surface area contributed by atoms with Crippen LogP contribution in [0.15, 0.2) is 18.2 Å². The van der Waals surface area contributed by atoms with Gasteiger partial charge >= 0.3 is 0 Å². The van der Waals surface area contributed by atoms with Gasteiger partial charge < -0.3 is 15.2 Å². The number of carbonyl (C=O) groups is 1. The van der Waals surface area contributed by atoms with E-state index in [4.69, 9.17) is 9.84 Å². The highest BCUT2D eigenvalue weighted by atomic mass is 19.1. The molecule has 0 saturated heterocycles. The number of benzene rings is 1. The number of halogens is 1. The minimum Gasteiger partial charge on any atom is -0.395 e. The molecule has 114 valence electrons. The Balaban J connectivity index is 2.75. The van der Waals surface area contributed by atoms with Crippen LogP contribution in [0.25, 0.3) is 0 Å². The molecular weight excluding hydrogens is 273 g/mol. The summed E-state index contributed by atoms with van der Waals surface area (Å²) in [4.78, 5) is 12.0. The minimum absolute atomic E-state index is 0.0309. The zero-order valence-corrected chi connectivity index (χ0v) is 12.3. The smallest absolute Gasteiger partial charge is 0.254 e. The fourth-order valence-corrected chi connectivity index (χ4v) is 1.67. The number of hydrogen-bond donors (Lipinski definition) is 2. The Morgan fingerprint density at radius 3 is 2.95 bits per heavy atom. The Morgan fingerprint density at radius 1 is 1.52 bits per heavy atom. The van der Waals surface area contributed by atoms with E-state index in [1.807, 2.05) is 13.8 Å². The predicted molar refractivity (Wildman–Crippen MR) is 78.4 cm³/mol. The van der Waals surface area contributed by atoms with Gasteiger partial charge in [0.25, 0.3) is 5.91 Å². The molecule has 2 N–H and O–H groups in total. The fourth-order valence-electron chi connectivity index (χ4n) is 1.67. The first-order valence-corrected chi connectivity index (χ1v) is 6.87. The van der Waals surface area contributed by atoms with Crippen molar-refractivity contribution in [2.75, 3.05) is 19.8 Å². The Labute approximate surface area is 124 Å². The molecule has 0 fully saturated rings. The van der Waals surface area contributed by atoms with Gasteiger partial charge in [0, 0.05) is 25.1 Å². The molecule has 0 aliphatic heterocycles. The molecule has 0 aliphatic carbocycles. The van der Waals surface area contributed by atoms with Crippen molar-refractivity contribution in [1.29, 1.82) is 0 Å². The molecule has 0 spiro atoms. The van der Waals surface area contributed by atoms with Crippen molar-refractivity contribution >= 4 is 5.91 Å². The molecule has 1 amide bonds. The van der Waals surface area contributed by atoms with Gasteiger partial charge in [-0.05, 0) is 32.0 Å². The Morgan fingerprint density at radius 2 is 2.29 bits per heavy atom. The van der Waals surface area contributed by atoms with Gasteiger partial charge in [0.15, 0.2) is 0 Å². The molecular formula is C16H20FNO3. The van der Waals surface area contributed by atoms with Crippen LogP contribution in [-0.2, 0) is 4.74 Å². The number of hydrogen-bond acceptors (Lipinski definition) is 3. The van der Waals surface area contributed by atoms with Crippen LogP contribution in [0.5, 0.6) is 0 Å². The van der Waals surface area contributed by atoms with Gasteiger partial charge in [-0.3, -0.25) is 4.79 Å². The van der Waals surface area contributed by atoms with Gasteiger partial charge in [-0.1, -0.05) is 11.8 Å². The summed E-state index contributed by atoms with van der Waals surface area (Å²) in [6, 6.07) is 4.11. The van der Waals surface area contributed by atoms with Crippen LogP contribution in [0.3, 0.4) is 0 Å². The van der Waals surface area contributed by atoms with Crippen molar-refractivity contribution in [2.45, 2.75) is 26.4 Å². The second-order valence-corrected chi connectivity index (χ2v) is 4.45. The third-order valence-corrected chi connectivity index (χ3v) is 2.68. The number of aliphatic hydroxyl groups is 1. The summed E-state index contributed by atoms with van der Waals surface area (Å²) in [5.74, 6) is 4.41. The summed E-state index contributed by atoms with van der Waals surface area (Å²) < 4.78 is 19.0. The molecule has 5 heteroatoms. The molecule has 1 aromatic carbocycles. The molecule has 0 heterocycles. The van der Waals surface area contributed by atoms with Gasteiger partial charge in [-0.15, -0.1) is 0 Å². The number of aliphatic hydroxyl groups excluding tert-OH is 1. The van der Waals surface area contributed by atoms with Crippen molar-refractivity contribution in [3.63, 3.8) is 0 Å². The summed E-state index contributed by atoms with van der Waals surface area (Å²) in [5.41, 5.74) is 0.488. The lowest BCUT2D eigenvalue weighted by Gasteiger charge is -2.13. The van der Waals surface area contributed by atoms with Crippen molar-refractivity contribution < 1.29 is 19.0 Å². The second kappa shape index (κ2) is 9.11. The number of rotatable bonds is 6. The quantitative estimate of drug-likeness (QED) is 0.785. The Hall–Kier alpha value is -1.90. The molecule has 1 unspecified atom stereocenters. The molecule has 0 bridgehead atoms. The zero-order chi connectivity index (χ0) is 15.7. The van der Waals surface area contributed by atoms with Crippen LogP contribution >= 0.6 is 0 Å². The number of carbonyl (C=O) groups excluding carboxylic acids is 1. The standard InChI is InChI=1S/C16H20FNO3/c1-3-21-12(2)11-18-16(20)14-10-13(6-4-5-9-19)7-8-15(14)17/h7-8,10,12,19H,3,5,9,11H2,1-2H3,(H,18,20). The van der Waals surface area contributed by atoms with E-state index < -0.39 is 11.7 Å². The highest BCUT2D eigenvalue weighted by Gasteiger charge is 2.13. The molecule has 0 aromatic heterocycles. The first kappa shape index (κ1) is 17.2. The van der Waals surface area contributed by atoms with Crippen molar-refractivity contribution in [1.82, 2.24) is 5.32 Å². The second-order valence-electron chi connectivity index (χ2n) is 4.45. The van der Waals surface area contributed by atoms with Crippen LogP contribution in [0.2, 0.25) is 0 Å². The van der Waals surface area contributed by atoms with E-state index in [2.05, 4.69) is 17.2 Å². The van der Waals surface area contributed by atoms with E-state index in [1.165, 1.54) is 18.2 Å². The van der Waals surface area contributed by atoms with Crippen LogP contribution in [0, 0.1) is 17.7 Å². The lowest BCUT2D eigenvalue weighted by atomic mass is 10.1. The van der Waals surface area contributed by atoms with E-state index in [0.717, 1.165) is 0 Å². The zero-order valence-electron chi connectivity index (χ0n) is 12.3. The Bertz CT molecular complexity index is 534. The van der Waals surface area contributed by atoms with E-state index in [-0.39, 0.29) is 18.3 Å². The lowest BCUT2D eigenvalue weighted by Crippen LogP contribution is -2.32. The topological polar surface area (TPSA) is 58.6 Å². The largest absolute Gasteiger partial charge is 0.395 e. The fraction of sp³-hybridized carbons (Fsp3) is 0.438. The summed E-state index contributed by atoms with van der Waals surface area (Å²) in [7, 11) is 0. The van der Waals surface area contributed by atoms with Gasteiger partial charge in [0.2, 0.25) is 0 Å². The molecule has 0 saturated carbocycles. The first-order chi connectivity index (χ1) is 10.1. The summed E-state index contributed by atoms with van der Waals surface area (Å²) >= 11 is 0. The van der Waals surface area contributed by atoms with Crippen LogP contribution < -0.4 is 5.32 Å². The number of amides is 1. The Kier molecular flexibility index (Phi) is 7.44. The molecule has 0 radical (unpaired) electrons.